The molecule has 0 aromatic carbocycles. The molecular weight excluding hydrogens is 290 g/mol. The number of fused-ring (bicyclic) bond motifs is 1. The van der Waals surface area contributed by atoms with E-state index in [4.69, 9.17) is 4.74 Å². The number of imidazole rings is 1. The summed E-state index contributed by atoms with van der Waals surface area (Å²) in [5.41, 5.74) is -0.0691. The first-order chi connectivity index (χ1) is 10.5. The van der Waals surface area contributed by atoms with Crippen molar-refractivity contribution in [2.45, 2.75) is 19.9 Å². The molecule has 0 aliphatic carbocycles. The van der Waals surface area contributed by atoms with E-state index in [-0.39, 0.29) is 12.1 Å². The highest BCUT2D eigenvalue weighted by Crippen LogP contribution is 2.02. The number of hydrogen-bond acceptors (Lipinski definition) is 5. The van der Waals surface area contributed by atoms with Gasteiger partial charge in [-0.1, -0.05) is 0 Å². The fourth-order valence-corrected chi connectivity index (χ4v) is 2.20. The Morgan fingerprint density at radius 1 is 1.36 bits per heavy atom. The second kappa shape index (κ2) is 6.46. The standard InChI is InChI=1S/C13H19N5O4/c1-4-22-12(20)14-6-5-7-18-11(19)9-10(15-8-16(9)2)17(3)13(18)21/h8H,4-7H2,1-3H3,(H,14,20). The van der Waals surface area contributed by atoms with Crippen molar-refractivity contribution in [3.8, 4) is 0 Å². The molecule has 9 heteroatoms. The van der Waals surface area contributed by atoms with E-state index < -0.39 is 11.8 Å². The first-order valence-electron chi connectivity index (χ1n) is 6.98. The minimum absolute atomic E-state index is 0.207. The molecule has 0 spiro atoms. The average Bonchev–Trinajstić information content (AvgIpc) is 2.86. The molecule has 2 aromatic heterocycles. The summed E-state index contributed by atoms with van der Waals surface area (Å²) in [5.74, 6) is 0. The van der Waals surface area contributed by atoms with Crippen LogP contribution in [-0.2, 0) is 25.4 Å². The van der Waals surface area contributed by atoms with E-state index in [2.05, 4.69) is 10.3 Å². The number of nitrogens with one attached hydrogen (secondary N) is 1. The van der Waals surface area contributed by atoms with Gasteiger partial charge in [-0.3, -0.25) is 13.9 Å². The summed E-state index contributed by atoms with van der Waals surface area (Å²) in [6.45, 7) is 2.53. The number of aromatic nitrogens is 4. The van der Waals surface area contributed by atoms with Gasteiger partial charge < -0.3 is 14.6 Å². The van der Waals surface area contributed by atoms with Crippen LogP contribution in [0, 0.1) is 0 Å². The third kappa shape index (κ3) is 2.87. The van der Waals surface area contributed by atoms with Gasteiger partial charge in [-0.05, 0) is 13.3 Å². The van der Waals surface area contributed by atoms with Gasteiger partial charge in [0, 0.05) is 27.2 Å². The van der Waals surface area contributed by atoms with Gasteiger partial charge >= 0.3 is 11.8 Å². The Balaban J connectivity index is 2.18. The van der Waals surface area contributed by atoms with Crippen molar-refractivity contribution in [2.75, 3.05) is 13.2 Å². The normalized spacial score (nSPS) is 10.9. The van der Waals surface area contributed by atoms with Crippen LogP contribution in [-0.4, -0.2) is 37.9 Å². The number of alkyl carbamates (subject to hydrolysis) is 1. The molecule has 0 fully saturated rings. The summed E-state index contributed by atoms with van der Waals surface area (Å²) >= 11 is 0. The summed E-state index contributed by atoms with van der Waals surface area (Å²) in [7, 11) is 3.28. The molecular formula is C13H19N5O4. The molecule has 2 heterocycles. The molecule has 2 aromatic rings. The van der Waals surface area contributed by atoms with E-state index in [1.807, 2.05) is 0 Å². The summed E-state index contributed by atoms with van der Waals surface area (Å²) in [5, 5.41) is 2.55. The van der Waals surface area contributed by atoms with Crippen molar-refractivity contribution in [3.63, 3.8) is 0 Å². The van der Waals surface area contributed by atoms with Crippen LogP contribution in [0.15, 0.2) is 15.9 Å². The SMILES string of the molecule is CCOC(=O)NCCCn1c(=O)c2c(ncn2C)n(C)c1=O. The molecule has 22 heavy (non-hydrogen) atoms. The van der Waals surface area contributed by atoms with E-state index in [0.29, 0.717) is 30.7 Å². The molecule has 0 unspecified atom stereocenters. The van der Waals surface area contributed by atoms with Gasteiger partial charge in [0.1, 0.15) is 0 Å². The van der Waals surface area contributed by atoms with Crippen LogP contribution in [0.25, 0.3) is 11.2 Å². The van der Waals surface area contributed by atoms with Crippen LogP contribution in [0.1, 0.15) is 13.3 Å². The lowest BCUT2D eigenvalue weighted by molar-refractivity contribution is 0.152. The molecule has 1 N–H and O–H groups in total. The Morgan fingerprint density at radius 3 is 2.77 bits per heavy atom. The van der Waals surface area contributed by atoms with Crippen LogP contribution >= 0.6 is 0 Å². The van der Waals surface area contributed by atoms with Crippen molar-refractivity contribution in [1.82, 2.24) is 24.0 Å². The maximum atomic E-state index is 12.4. The zero-order valence-corrected chi connectivity index (χ0v) is 12.8. The third-order valence-electron chi connectivity index (χ3n) is 3.30. The Labute approximate surface area is 126 Å². The Hall–Kier alpha value is -2.58. The summed E-state index contributed by atoms with van der Waals surface area (Å²) < 4.78 is 8.81. The van der Waals surface area contributed by atoms with Gasteiger partial charge in [0.2, 0.25) is 0 Å². The largest absolute Gasteiger partial charge is 0.450 e. The van der Waals surface area contributed by atoms with Crippen LogP contribution < -0.4 is 16.6 Å². The van der Waals surface area contributed by atoms with Gasteiger partial charge in [0.05, 0.1) is 12.9 Å². The number of carbonyl (C=O) groups excluding carboxylic acids is 1. The predicted octanol–water partition coefficient (Wildman–Crippen LogP) is -0.430. The van der Waals surface area contributed by atoms with Gasteiger partial charge in [0.25, 0.3) is 5.56 Å². The monoisotopic (exact) mass is 309 g/mol. The summed E-state index contributed by atoms with van der Waals surface area (Å²) in [4.78, 5) is 39.8. The minimum Gasteiger partial charge on any atom is -0.450 e. The number of ether oxygens (including phenoxy) is 1. The fourth-order valence-electron chi connectivity index (χ4n) is 2.20. The third-order valence-corrected chi connectivity index (χ3v) is 3.30. The molecule has 0 aliphatic rings. The van der Waals surface area contributed by atoms with Crippen molar-refractivity contribution >= 4 is 17.3 Å². The second-order valence-electron chi connectivity index (χ2n) is 4.83. The number of hydrogen-bond donors (Lipinski definition) is 1. The van der Waals surface area contributed by atoms with E-state index in [1.165, 1.54) is 10.9 Å². The van der Waals surface area contributed by atoms with Crippen LogP contribution in [0.4, 0.5) is 4.79 Å². The van der Waals surface area contributed by atoms with Gasteiger partial charge in [-0.15, -0.1) is 0 Å². The molecule has 1 amide bonds. The lowest BCUT2D eigenvalue weighted by Crippen LogP contribution is -2.40. The van der Waals surface area contributed by atoms with Crippen molar-refractivity contribution in [2.24, 2.45) is 14.1 Å². The van der Waals surface area contributed by atoms with Gasteiger partial charge in [-0.2, -0.15) is 0 Å². The molecule has 0 aliphatic heterocycles. The molecule has 9 nitrogen and oxygen atoms in total. The highest BCUT2D eigenvalue weighted by Gasteiger charge is 2.14. The van der Waals surface area contributed by atoms with Crippen LogP contribution in [0.5, 0.6) is 0 Å². The van der Waals surface area contributed by atoms with E-state index >= 15 is 0 Å². The average molecular weight is 309 g/mol. The highest BCUT2D eigenvalue weighted by molar-refractivity contribution is 5.69. The number of aryl methyl sites for hydroxylation is 2. The number of rotatable bonds is 5. The topological polar surface area (TPSA) is 100 Å². The van der Waals surface area contributed by atoms with Crippen LogP contribution in [0.2, 0.25) is 0 Å². The Bertz CT molecular complexity index is 801. The molecule has 0 radical (unpaired) electrons. The predicted molar refractivity (Wildman–Crippen MR) is 79.9 cm³/mol. The van der Waals surface area contributed by atoms with E-state index in [0.717, 1.165) is 4.57 Å². The molecule has 120 valence electrons. The van der Waals surface area contributed by atoms with Crippen molar-refractivity contribution in [3.05, 3.63) is 27.2 Å². The lowest BCUT2D eigenvalue weighted by atomic mass is 10.4. The number of carbonyl (C=O) groups is 1. The van der Waals surface area contributed by atoms with Crippen molar-refractivity contribution in [1.29, 1.82) is 0 Å². The minimum atomic E-state index is -0.509. The number of amides is 1. The van der Waals surface area contributed by atoms with Crippen molar-refractivity contribution < 1.29 is 9.53 Å². The lowest BCUT2D eigenvalue weighted by Gasteiger charge is -2.09. The smallest absolute Gasteiger partial charge is 0.407 e. The van der Waals surface area contributed by atoms with Gasteiger partial charge in [-0.25, -0.2) is 14.6 Å². The second-order valence-corrected chi connectivity index (χ2v) is 4.83. The molecule has 0 saturated carbocycles. The molecule has 2 rings (SSSR count). The molecule has 0 bridgehead atoms. The first-order valence-corrected chi connectivity index (χ1v) is 6.98. The number of nitrogens with zero attached hydrogens (tertiary/aromatic N) is 4. The Kier molecular flexibility index (Phi) is 4.64. The molecule has 0 atom stereocenters. The summed E-state index contributed by atoms with van der Waals surface area (Å²) in [6.07, 6.45) is 1.43. The fraction of sp³-hybridized carbons (Fsp3) is 0.538. The van der Waals surface area contributed by atoms with E-state index in [9.17, 15) is 14.4 Å². The quantitative estimate of drug-likeness (QED) is 0.755. The first kappa shape index (κ1) is 15.8. The van der Waals surface area contributed by atoms with Crippen LogP contribution in [0.3, 0.4) is 0 Å². The molecule has 0 saturated heterocycles. The zero-order chi connectivity index (χ0) is 16.3. The van der Waals surface area contributed by atoms with E-state index in [1.54, 1.807) is 25.6 Å². The summed E-state index contributed by atoms with van der Waals surface area (Å²) in [6, 6.07) is 0. The maximum absolute atomic E-state index is 12.4. The zero-order valence-electron chi connectivity index (χ0n) is 12.8. The maximum Gasteiger partial charge on any atom is 0.407 e. The Morgan fingerprint density at radius 2 is 2.09 bits per heavy atom. The highest BCUT2D eigenvalue weighted by atomic mass is 16.5. The van der Waals surface area contributed by atoms with Gasteiger partial charge in [0.15, 0.2) is 11.2 Å².